The van der Waals surface area contributed by atoms with Gasteiger partial charge in [0.25, 0.3) is 0 Å². The lowest BCUT2D eigenvalue weighted by Gasteiger charge is -2.39. The summed E-state index contributed by atoms with van der Waals surface area (Å²) in [7, 11) is 1.88. The van der Waals surface area contributed by atoms with Crippen molar-refractivity contribution < 1.29 is 0 Å². The third-order valence-corrected chi connectivity index (χ3v) is 4.76. The number of nitriles is 1. The van der Waals surface area contributed by atoms with Gasteiger partial charge in [-0.15, -0.1) is 0 Å². The smallest absolute Gasteiger partial charge is 0.144 e. The van der Waals surface area contributed by atoms with E-state index in [1.54, 1.807) is 0 Å². The Morgan fingerprint density at radius 1 is 1.30 bits per heavy atom. The number of nitrogens with zero attached hydrogens (tertiary/aromatic N) is 2. The minimum atomic E-state index is -0.610. The number of piperidine rings is 1. The first kappa shape index (κ1) is 15.0. The maximum Gasteiger partial charge on any atom is 0.144 e. The average molecular weight is 271 g/mol. The van der Waals surface area contributed by atoms with Gasteiger partial charge in [0.05, 0.1) is 6.07 Å². The second kappa shape index (κ2) is 6.39. The minimum Gasteiger partial charge on any atom is -0.300 e. The standard InChI is InChI=1S/C17H25N3/c1-14-9-10-20(11-15(14)2)13-17(12-18,19-3)16-7-5-4-6-8-16/h4-8,14-15,19H,9-11,13H2,1-3H3. The Balaban J connectivity index is 2.17. The van der Waals surface area contributed by atoms with E-state index in [0.29, 0.717) is 5.92 Å². The molecule has 1 aliphatic rings. The average Bonchev–Trinajstić information content (AvgIpc) is 2.49. The molecule has 3 nitrogen and oxygen atoms in total. The van der Waals surface area contributed by atoms with Crippen LogP contribution >= 0.6 is 0 Å². The SMILES string of the molecule is CNC(C#N)(CN1CCC(C)C(C)C1)c1ccccc1. The summed E-state index contributed by atoms with van der Waals surface area (Å²) >= 11 is 0. The van der Waals surface area contributed by atoms with Crippen LogP contribution in [0.2, 0.25) is 0 Å². The summed E-state index contributed by atoms with van der Waals surface area (Å²) < 4.78 is 0. The number of likely N-dealkylation sites (N-methyl/N-ethyl adjacent to an activating group) is 1. The van der Waals surface area contributed by atoms with Crippen LogP contribution in [0, 0.1) is 23.2 Å². The molecule has 2 rings (SSSR count). The predicted molar refractivity (Wildman–Crippen MR) is 82.2 cm³/mol. The normalized spacial score (nSPS) is 26.7. The lowest BCUT2D eigenvalue weighted by Crippen LogP contribution is -2.51. The number of hydrogen-bond donors (Lipinski definition) is 1. The molecule has 3 atom stereocenters. The van der Waals surface area contributed by atoms with Gasteiger partial charge in [0, 0.05) is 13.1 Å². The third kappa shape index (κ3) is 3.03. The van der Waals surface area contributed by atoms with Crippen molar-refractivity contribution in [3.05, 3.63) is 35.9 Å². The molecule has 1 N–H and O–H groups in total. The molecule has 1 aromatic carbocycles. The summed E-state index contributed by atoms with van der Waals surface area (Å²) in [5, 5.41) is 13.0. The van der Waals surface area contributed by atoms with Gasteiger partial charge in [-0.1, -0.05) is 44.2 Å². The van der Waals surface area contributed by atoms with Crippen molar-refractivity contribution in [2.75, 3.05) is 26.7 Å². The summed E-state index contributed by atoms with van der Waals surface area (Å²) in [6.45, 7) is 7.56. The highest BCUT2D eigenvalue weighted by Gasteiger charge is 2.34. The van der Waals surface area contributed by atoms with E-state index in [1.165, 1.54) is 6.42 Å². The summed E-state index contributed by atoms with van der Waals surface area (Å²) in [6.07, 6.45) is 1.22. The van der Waals surface area contributed by atoms with E-state index in [4.69, 9.17) is 0 Å². The van der Waals surface area contributed by atoms with E-state index in [-0.39, 0.29) is 0 Å². The number of nitrogens with one attached hydrogen (secondary N) is 1. The van der Waals surface area contributed by atoms with Gasteiger partial charge >= 0.3 is 0 Å². The molecule has 3 heteroatoms. The second-order valence-corrected chi connectivity index (χ2v) is 6.11. The molecule has 3 unspecified atom stereocenters. The Morgan fingerprint density at radius 2 is 2.00 bits per heavy atom. The second-order valence-electron chi connectivity index (χ2n) is 6.11. The van der Waals surface area contributed by atoms with Crippen LogP contribution in [0.15, 0.2) is 30.3 Å². The first-order chi connectivity index (χ1) is 9.61. The molecule has 0 saturated carbocycles. The molecule has 0 aromatic heterocycles. The molecule has 1 aliphatic heterocycles. The molecule has 108 valence electrons. The van der Waals surface area contributed by atoms with Crippen LogP contribution in [-0.2, 0) is 5.54 Å². The lowest BCUT2D eigenvalue weighted by atomic mass is 9.86. The fourth-order valence-corrected chi connectivity index (χ4v) is 3.02. The van der Waals surface area contributed by atoms with Crippen LogP contribution in [0.3, 0.4) is 0 Å². The fraction of sp³-hybridized carbons (Fsp3) is 0.588. The zero-order valence-corrected chi connectivity index (χ0v) is 12.8. The summed E-state index contributed by atoms with van der Waals surface area (Å²) in [4.78, 5) is 2.43. The van der Waals surface area contributed by atoms with Gasteiger partial charge in [-0.05, 0) is 37.4 Å². The zero-order chi connectivity index (χ0) is 14.6. The highest BCUT2D eigenvalue weighted by atomic mass is 15.2. The Bertz CT molecular complexity index is 465. The Kier molecular flexibility index (Phi) is 4.80. The monoisotopic (exact) mass is 271 g/mol. The van der Waals surface area contributed by atoms with Crippen LogP contribution in [0.1, 0.15) is 25.8 Å². The highest BCUT2D eigenvalue weighted by Crippen LogP contribution is 2.27. The lowest BCUT2D eigenvalue weighted by molar-refractivity contribution is 0.115. The van der Waals surface area contributed by atoms with Crippen LogP contribution in [0.5, 0.6) is 0 Å². The molecule has 0 amide bonds. The number of hydrogen-bond acceptors (Lipinski definition) is 3. The van der Waals surface area contributed by atoms with E-state index < -0.39 is 5.54 Å². The van der Waals surface area contributed by atoms with Crippen molar-refractivity contribution in [2.24, 2.45) is 11.8 Å². The predicted octanol–water partition coefficient (Wildman–Crippen LogP) is 2.60. The molecule has 1 saturated heterocycles. The van der Waals surface area contributed by atoms with Gasteiger partial charge < -0.3 is 0 Å². The van der Waals surface area contributed by atoms with E-state index in [2.05, 4.69) is 30.1 Å². The van der Waals surface area contributed by atoms with Gasteiger partial charge in [-0.3, -0.25) is 10.2 Å². The number of rotatable bonds is 4. The Labute approximate surface area is 122 Å². The molecular formula is C17H25N3. The maximum absolute atomic E-state index is 9.74. The van der Waals surface area contributed by atoms with Crippen molar-refractivity contribution in [1.82, 2.24) is 10.2 Å². The summed E-state index contributed by atoms with van der Waals surface area (Å²) in [6, 6.07) is 12.6. The maximum atomic E-state index is 9.74. The first-order valence-corrected chi connectivity index (χ1v) is 7.49. The minimum absolute atomic E-state index is 0.610. The summed E-state index contributed by atoms with van der Waals surface area (Å²) in [5.41, 5.74) is 0.443. The van der Waals surface area contributed by atoms with Crippen molar-refractivity contribution in [1.29, 1.82) is 5.26 Å². The fourth-order valence-electron chi connectivity index (χ4n) is 3.02. The number of likely N-dealkylation sites (tertiary alicyclic amines) is 1. The zero-order valence-electron chi connectivity index (χ0n) is 12.8. The van der Waals surface area contributed by atoms with Crippen LogP contribution in [-0.4, -0.2) is 31.6 Å². The third-order valence-electron chi connectivity index (χ3n) is 4.76. The van der Waals surface area contributed by atoms with E-state index in [9.17, 15) is 5.26 Å². The summed E-state index contributed by atoms with van der Waals surface area (Å²) in [5.74, 6) is 1.49. The van der Waals surface area contributed by atoms with Crippen molar-refractivity contribution in [3.63, 3.8) is 0 Å². The Hall–Kier alpha value is -1.37. The number of benzene rings is 1. The molecule has 0 bridgehead atoms. The Morgan fingerprint density at radius 3 is 2.55 bits per heavy atom. The van der Waals surface area contributed by atoms with Gasteiger partial charge in [0.2, 0.25) is 0 Å². The molecule has 20 heavy (non-hydrogen) atoms. The molecule has 0 spiro atoms. The van der Waals surface area contributed by atoms with E-state index >= 15 is 0 Å². The van der Waals surface area contributed by atoms with Crippen LogP contribution in [0.25, 0.3) is 0 Å². The molecule has 0 radical (unpaired) electrons. The van der Waals surface area contributed by atoms with Gasteiger partial charge in [-0.2, -0.15) is 5.26 Å². The van der Waals surface area contributed by atoms with Crippen molar-refractivity contribution in [3.8, 4) is 6.07 Å². The highest BCUT2D eigenvalue weighted by molar-refractivity contribution is 5.32. The van der Waals surface area contributed by atoms with Crippen molar-refractivity contribution >= 4 is 0 Å². The molecule has 1 fully saturated rings. The van der Waals surface area contributed by atoms with Crippen LogP contribution < -0.4 is 5.32 Å². The largest absolute Gasteiger partial charge is 0.300 e. The molecule has 1 aromatic rings. The van der Waals surface area contributed by atoms with Gasteiger partial charge in [0.15, 0.2) is 0 Å². The van der Waals surface area contributed by atoms with Gasteiger partial charge in [-0.25, -0.2) is 0 Å². The van der Waals surface area contributed by atoms with E-state index in [0.717, 1.165) is 31.1 Å². The quantitative estimate of drug-likeness (QED) is 0.915. The topological polar surface area (TPSA) is 39.1 Å². The molecular weight excluding hydrogens is 246 g/mol. The van der Waals surface area contributed by atoms with Gasteiger partial charge in [0.1, 0.15) is 5.54 Å². The molecule has 0 aliphatic carbocycles. The van der Waals surface area contributed by atoms with E-state index in [1.807, 2.05) is 37.4 Å². The molecule has 1 heterocycles. The first-order valence-electron chi connectivity index (χ1n) is 7.49. The van der Waals surface area contributed by atoms with Crippen LogP contribution in [0.4, 0.5) is 0 Å². The van der Waals surface area contributed by atoms with Crippen molar-refractivity contribution in [2.45, 2.75) is 25.8 Å².